The summed E-state index contributed by atoms with van der Waals surface area (Å²) in [5, 5.41) is 6.38. The van der Waals surface area contributed by atoms with Crippen molar-refractivity contribution in [1.82, 2.24) is 10.6 Å². The lowest BCUT2D eigenvalue weighted by Crippen LogP contribution is -2.46. The van der Waals surface area contributed by atoms with Gasteiger partial charge >= 0.3 is 12.4 Å². The van der Waals surface area contributed by atoms with Gasteiger partial charge in [-0.05, 0) is 67.7 Å². The molecule has 0 aliphatic heterocycles. The molecular weight excluding hydrogens is 458 g/mol. The molecule has 0 spiro atoms. The van der Waals surface area contributed by atoms with Gasteiger partial charge in [0.1, 0.15) is 0 Å². The Labute approximate surface area is 197 Å². The van der Waals surface area contributed by atoms with Crippen molar-refractivity contribution in [2.75, 3.05) is 0 Å². The molecule has 192 valence electrons. The fourth-order valence-corrected chi connectivity index (χ4v) is 5.56. The van der Waals surface area contributed by atoms with E-state index in [1.165, 1.54) is 19.3 Å². The van der Waals surface area contributed by atoms with Crippen LogP contribution in [-0.4, -0.2) is 18.0 Å². The zero-order valence-corrected chi connectivity index (χ0v) is 19.9. The lowest BCUT2D eigenvalue weighted by atomic mass is 9.74. The van der Waals surface area contributed by atoms with Crippen LogP contribution in [0, 0.1) is 17.3 Å². The first-order chi connectivity index (χ1) is 15.7. The summed E-state index contributed by atoms with van der Waals surface area (Å²) in [5.41, 5.74) is -3.68. The third-order valence-electron chi connectivity index (χ3n) is 7.77. The maximum Gasteiger partial charge on any atom is 0.416 e. The third kappa shape index (κ3) is 6.07. The zero-order valence-electron chi connectivity index (χ0n) is 19.9. The summed E-state index contributed by atoms with van der Waals surface area (Å²) in [6.45, 7) is 5.73. The molecule has 3 nitrogen and oxygen atoms in total. The molecule has 2 saturated carbocycles. The van der Waals surface area contributed by atoms with Crippen molar-refractivity contribution >= 4 is 5.91 Å². The highest BCUT2D eigenvalue weighted by Crippen LogP contribution is 2.45. The molecule has 0 aromatic heterocycles. The Morgan fingerprint density at radius 3 is 2.12 bits per heavy atom. The minimum absolute atomic E-state index is 0.0182. The molecular formula is C25H34F6N2O. The molecule has 4 atom stereocenters. The first-order valence-electron chi connectivity index (χ1n) is 12.0. The van der Waals surface area contributed by atoms with Crippen molar-refractivity contribution in [2.45, 2.75) is 96.7 Å². The van der Waals surface area contributed by atoms with E-state index in [4.69, 9.17) is 0 Å². The molecule has 0 saturated heterocycles. The molecule has 2 N–H and O–H groups in total. The van der Waals surface area contributed by atoms with Crippen LogP contribution >= 0.6 is 0 Å². The molecule has 2 aliphatic rings. The smallest absolute Gasteiger partial charge is 0.352 e. The summed E-state index contributed by atoms with van der Waals surface area (Å²) >= 11 is 0. The maximum atomic E-state index is 13.3. The molecule has 0 heterocycles. The first kappa shape index (κ1) is 26.8. The summed E-state index contributed by atoms with van der Waals surface area (Å²) in [5.74, 6) is 0.241. The number of nitrogens with one attached hydrogen (secondary N) is 2. The first-order valence-corrected chi connectivity index (χ1v) is 12.0. The fraction of sp³-hybridized carbons (Fsp3) is 0.720. The number of halogens is 6. The number of alkyl halides is 6. The number of carbonyl (C=O) groups is 1. The largest absolute Gasteiger partial charge is 0.416 e. The van der Waals surface area contributed by atoms with Crippen molar-refractivity contribution < 1.29 is 31.1 Å². The van der Waals surface area contributed by atoms with Crippen LogP contribution in [0.4, 0.5) is 26.3 Å². The number of hydrogen-bond donors (Lipinski definition) is 2. The predicted octanol–water partition coefficient (Wildman–Crippen LogP) is 6.70. The van der Waals surface area contributed by atoms with Crippen LogP contribution < -0.4 is 10.6 Å². The van der Waals surface area contributed by atoms with Gasteiger partial charge in [0.05, 0.1) is 16.5 Å². The van der Waals surface area contributed by atoms with Crippen molar-refractivity contribution in [3.63, 3.8) is 0 Å². The molecule has 1 aromatic carbocycles. The van der Waals surface area contributed by atoms with Crippen LogP contribution in [0.3, 0.4) is 0 Å². The Balaban J connectivity index is 1.72. The molecule has 1 aromatic rings. The third-order valence-corrected chi connectivity index (χ3v) is 7.77. The number of benzene rings is 1. The van der Waals surface area contributed by atoms with E-state index in [-0.39, 0.29) is 29.5 Å². The highest BCUT2D eigenvalue weighted by atomic mass is 19.4. The van der Waals surface area contributed by atoms with Gasteiger partial charge < -0.3 is 10.6 Å². The van der Waals surface area contributed by atoms with E-state index < -0.39 is 35.4 Å². The van der Waals surface area contributed by atoms with E-state index in [2.05, 4.69) is 17.6 Å². The SMILES string of the molecule is CC1CCCCC1NC1CCC(C(=O)NCc2cc(C(F)(F)F)cc(C(F)(F)F)c2)(C(C)C)C1. The topological polar surface area (TPSA) is 41.1 Å². The van der Waals surface area contributed by atoms with E-state index >= 15 is 0 Å². The summed E-state index contributed by atoms with van der Waals surface area (Å²) < 4.78 is 78.9. The highest BCUT2D eigenvalue weighted by molar-refractivity contribution is 5.83. The molecule has 9 heteroatoms. The van der Waals surface area contributed by atoms with Crippen LogP contribution in [-0.2, 0) is 23.7 Å². The van der Waals surface area contributed by atoms with Crippen LogP contribution in [0.25, 0.3) is 0 Å². The van der Waals surface area contributed by atoms with Crippen molar-refractivity contribution in [3.8, 4) is 0 Å². The van der Waals surface area contributed by atoms with Crippen LogP contribution in [0.1, 0.15) is 82.4 Å². The summed E-state index contributed by atoms with van der Waals surface area (Å²) in [4.78, 5) is 13.3. The molecule has 3 rings (SSSR count). The summed E-state index contributed by atoms with van der Waals surface area (Å²) in [7, 11) is 0. The second kappa shape index (κ2) is 10.1. The van der Waals surface area contributed by atoms with E-state index in [0.29, 0.717) is 36.9 Å². The van der Waals surface area contributed by atoms with Crippen LogP contribution in [0.15, 0.2) is 18.2 Å². The molecule has 34 heavy (non-hydrogen) atoms. The van der Waals surface area contributed by atoms with Gasteiger partial charge in [-0.25, -0.2) is 0 Å². The molecule has 1 amide bonds. The number of carbonyl (C=O) groups excluding carboxylic acids is 1. The number of amides is 1. The Morgan fingerprint density at radius 1 is 1.00 bits per heavy atom. The van der Waals surface area contributed by atoms with Crippen LogP contribution in [0.2, 0.25) is 0 Å². The molecule has 2 aliphatic carbocycles. The highest BCUT2D eigenvalue weighted by Gasteiger charge is 2.48. The van der Waals surface area contributed by atoms with Gasteiger partial charge in [-0.3, -0.25) is 4.79 Å². The standard InChI is InChI=1S/C25H34F6N2O/c1-15(2)23(9-8-20(13-23)33-21-7-5-4-6-16(21)3)22(34)32-14-17-10-18(24(26,27)28)12-19(11-17)25(29,30)31/h10-12,15-16,20-21,33H,4-9,13-14H2,1-3H3,(H,32,34). The Morgan fingerprint density at radius 2 is 1.59 bits per heavy atom. The van der Waals surface area contributed by atoms with Crippen molar-refractivity contribution in [2.24, 2.45) is 17.3 Å². The molecule has 4 unspecified atom stereocenters. The fourth-order valence-electron chi connectivity index (χ4n) is 5.56. The van der Waals surface area contributed by atoms with Crippen molar-refractivity contribution in [3.05, 3.63) is 34.9 Å². The van der Waals surface area contributed by atoms with Gasteiger partial charge in [-0.15, -0.1) is 0 Å². The lowest BCUT2D eigenvalue weighted by Gasteiger charge is -2.35. The Bertz CT molecular complexity index is 834. The normalized spacial score (nSPS) is 28.4. The van der Waals surface area contributed by atoms with Gasteiger partial charge in [0, 0.05) is 18.6 Å². The second-order valence-corrected chi connectivity index (χ2v) is 10.4. The maximum absolute atomic E-state index is 13.3. The van der Waals surface area contributed by atoms with E-state index in [1.807, 2.05) is 13.8 Å². The monoisotopic (exact) mass is 492 g/mol. The minimum atomic E-state index is -4.92. The second-order valence-electron chi connectivity index (χ2n) is 10.4. The summed E-state index contributed by atoms with van der Waals surface area (Å²) in [6, 6.07) is 2.02. The lowest BCUT2D eigenvalue weighted by molar-refractivity contribution is -0.143. The molecule has 2 fully saturated rings. The predicted molar refractivity (Wildman–Crippen MR) is 118 cm³/mol. The van der Waals surface area contributed by atoms with E-state index in [9.17, 15) is 31.1 Å². The minimum Gasteiger partial charge on any atom is -0.352 e. The average Bonchev–Trinajstić information content (AvgIpc) is 3.17. The van der Waals surface area contributed by atoms with Crippen LogP contribution in [0.5, 0.6) is 0 Å². The van der Waals surface area contributed by atoms with E-state index in [0.717, 1.165) is 12.8 Å². The molecule has 0 bridgehead atoms. The van der Waals surface area contributed by atoms with Gasteiger partial charge in [0.25, 0.3) is 0 Å². The number of hydrogen-bond acceptors (Lipinski definition) is 2. The van der Waals surface area contributed by atoms with Crippen molar-refractivity contribution in [1.29, 1.82) is 0 Å². The van der Waals surface area contributed by atoms with Gasteiger partial charge in [0.2, 0.25) is 5.91 Å². The quantitative estimate of drug-likeness (QED) is 0.434. The molecule has 0 radical (unpaired) electrons. The van der Waals surface area contributed by atoms with E-state index in [1.54, 1.807) is 0 Å². The Hall–Kier alpha value is -1.77. The summed E-state index contributed by atoms with van der Waals surface area (Å²) in [6.07, 6.45) is -3.08. The number of rotatable bonds is 6. The Kier molecular flexibility index (Phi) is 7.95. The van der Waals surface area contributed by atoms with Gasteiger partial charge in [-0.1, -0.05) is 33.6 Å². The van der Waals surface area contributed by atoms with Gasteiger partial charge in [-0.2, -0.15) is 26.3 Å². The average molecular weight is 493 g/mol. The zero-order chi connectivity index (χ0) is 25.3. The van der Waals surface area contributed by atoms with Gasteiger partial charge in [0.15, 0.2) is 0 Å².